The maximum absolute atomic E-state index is 5.73. The molecular formula is C28H39N5O2. The molecule has 188 valence electrons. The van der Waals surface area contributed by atoms with Crippen molar-refractivity contribution in [1.29, 1.82) is 0 Å². The van der Waals surface area contributed by atoms with Gasteiger partial charge in [-0.25, -0.2) is 4.98 Å². The molecule has 35 heavy (non-hydrogen) atoms. The number of ether oxygens (including phenoxy) is 2. The summed E-state index contributed by atoms with van der Waals surface area (Å²) in [6.45, 7) is 4.65. The first kappa shape index (κ1) is 25.0. The van der Waals surface area contributed by atoms with Gasteiger partial charge in [-0.3, -0.25) is 0 Å². The molecule has 1 aromatic heterocycles. The summed E-state index contributed by atoms with van der Waals surface area (Å²) in [5.41, 5.74) is 2.14. The van der Waals surface area contributed by atoms with Crippen molar-refractivity contribution in [2.45, 2.75) is 51.6 Å². The van der Waals surface area contributed by atoms with Crippen LogP contribution in [0.15, 0.2) is 42.5 Å². The number of hydrogen-bond acceptors (Lipinski definition) is 7. The maximum atomic E-state index is 5.73. The predicted octanol–water partition coefficient (Wildman–Crippen LogP) is 5.25. The van der Waals surface area contributed by atoms with Gasteiger partial charge >= 0.3 is 0 Å². The Morgan fingerprint density at radius 3 is 2.57 bits per heavy atom. The number of para-hydroxylation sites is 1. The molecule has 0 saturated heterocycles. The molecule has 1 heterocycles. The minimum Gasteiger partial charge on any atom is -0.496 e. The summed E-state index contributed by atoms with van der Waals surface area (Å²) in [4.78, 5) is 11.6. The number of benzene rings is 2. The van der Waals surface area contributed by atoms with Gasteiger partial charge in [-0.1, -0.05) is 25.1 Å². The minimum atomic E-state index is 0.415. The highest BCUT2D eigenvalue weighted by Gasteiger charge is 2.22. The fourth-order valence-electron chi connectivity index (χ4n) is 4.75. The van der Waals surface area contributed by atoms with Crippen molar-refractivity contribution in [2.24, 2.45) is 5.92 Å². The highest BCUT2D eigenvalue weighted by Crippen LogP contribution is 2.29. The normalized spacial score (nSPS) is 17.8. The summed E-state index contributed by atoms with van der Waals surface area (Å²) >= 11 is 0. The number of rotatable bonds is 11. The standard InChI is InChI=1S/C28H39N5O2/c1-5-16-35-23-15-12-21(26(17-23)34-4)19-29-18-20-10-13-22(14-11-20)30-28-31-25-9-7-6-8-24(25)27(32-28)33(2)3/h6-9,12,15,17,20,22,29H,5,10-11,13-14,16,18-19H2,1-4H3,(H,30,31,32)/t20-,22+. The van der Waals surface area contributed by atoms with E-state index >= 15 is 0 Å². The van der Waals surface area contributed by atoms with Crippen LogP contribution in [0.25, 0.3) is 10.9 Å². The van der Waals surface area contributed by atoms with Crippen LogP contribution in [0.4, 0.5) is 11.8 Å². The predicted molar refractivity (Wildman–Crippen MR) is 144 cm³/mol. The highest BCUT2D eigenvalue weighted by molar-refractivity contribution is 5.90. The van der Waals surface area contributed by atoms with Crippen molar-refractivity contribution in [3.8, 4) is 11.5 Å². The zero-order valence-corrected chi connectivity index (χ0v) is 21.5. The SMILES string of the molecule is CCCOc1ccc(CNC[C@H]2CC[C@@H](Nc3nc(N(C)C)c4ccccc4n3)CC2)c(OC)c1. The number of nitrogens with zero attached hydrogens (tertiary/aromatic N) is 3. The number of aromatic nitrogens is 2. The van der Waals surface area contributed by atoms with Gasteiger partial charge in [0.05, 0.1) is 19.2 Å². The first-order valence-electron chi connectivity index (χ1n) is 12.8. The smallest absolute Gasteiger partial charge is 0.225 e. The van der Waals surface area contributed by atoms with E-state index in [1.54, 1.807) is 7.11 Å². The van der Waals surface area contributed by atoms with Crippen LogP contribution in [0.3, 0.4) is 0 Å². The van der Waals surface area contributed by atoms with E-state index in [9.17, 15) is 0 Å². The Morgan fingerprint density at radius 2 is 1.83 bits per heavy atom. The van der Waals surface area contributed by atoms with Gasteiger partial charge in [0.1, 0.15) is 17.3 Å². The van der Waals surface area contributed by atoms with Gasteiger partial charge in [-0.15, -0.1) is 0 Å². The van der Waals surface area contributed by atoms with Crippen molar-refractivity contribution in [2.75, 3.05) is 44.6 Å². The van der Waals surface area contributed by atoms with E-state index in [0.717, 1.165) is 78.7 Å². The summed E-state index contributed by atoms with van der Waals surface area (Å²) < 4.78 is 11.3. The van der Waals surface area contributed by atoms with Crippen molar-refractivity contribution in [3.63, 3.8) is 0 Å². The van der Waals surface area contributed by atoms with Crippen LogP contribution >= 0.6 is 0 Å². The number of hydrogen-bond donors (Lipinski definition) is 2. The average Bonchev–Trinajstić information content (AvgIpc) is 2.88. The second-order valence-electron chi connectivity index (χ2n) is 9.60. The third-order valence-corrected chi connectivity index (χ3v) is 6.67. The summed E-state index contributed by atoms with van der Waals surface area (Å²) in [6.07, 6.45) is 5.65. The van der Waals surface area contributed by atoms with Crippen LogP contribution in [0.2, 0.25) is 0 Å². The molecule has 0 atom stereocenters. The molecule has 2 N–H and O–H groups in total. The molecule has 1 saturated carbocycles. The number of anilines is 2. The lowest BCUT2D eigenvalue weighted by Gasteiger charge is -2.29. The van der Waals surface area contributed by atoms with Gasteiger partial charge in [0.2, 0.25) is 5.95 Å². The Labute approximate surface area is 209 Å². The van der Waals surface area contributed by atoms with Gasteiger partial charge < -0.3 is 25.0 Å². The molecule has 0 unspecified atom stereocenters. The largest absolute Gasteiger partial charge is 0.496 e. The molecule has 1 aliphatic carbocycles. The Bertz CT molecular complexity index is 1100. The fraction of sp³-hybridized carbons (Fsp3) is 0.500. The van der Waals surface area contributed by atoms with Crippen molar-refractivity contribution < 1.29 is 9.47 Å². The van der Waals surface area contributed by atoms with Gasteiger partial charge in [-0.05, 0) is 62.8 Å². The molecule has 3 aromatic rings. The van der Waals surface area contributed by atoms with E-state index in [1.807, 2.05) is 38.4 Å². The monoisotopic (exact) mass is 477 g/mol. The molecule has 0 bridgehead atoms. The number of methoxy groups -OCH3 is 1. The second kappa shape index (κ2) is 12.1. The zero-order chi connectivity index (χ0) is 24.6. The first-order chi connectivity index (χ1) is 17.1. The summed E-state index contributed by atoms with van der Waals surface area (Å²) in [5, 5.41) is 8.33. The molecule has 7 nitrogen and oxygen atoms in total. The molecule has 0 radical (unpaired) electrons. The zero-order valence-electron chi connectivity index (χ0n) is 21.5. The lowest BCUT2D eigenvalue weighted by atomic mass is 9.86. The van der Waals surface area contributed by atoms with Gasteiger partial charge in [0, 0.05) is 43.7 Å². The van der Waals surface area contributed by atoms with E-state index in [4.69, 9.17) is 19.4 Å². The third-order valence-electron chi connectivity index (χ3n) is 6.67. The lowest BCUT2D eigenvalue weighted by molar-refractivity contribution is 0.313. The van der Waals surface area contributed by atoms with E-state index in [0.29, 0.717) is 12.0 Å². The second-order valence-corrected chi connectivity index (χ2v) is 9.60. The Balaban J connectivity index is 1.26. The third kappa shape index (κ3) is 6.54. The molecular weight excluding hydrogens is 438 g/mol. The van der Waals surface area contributed by atoms with E-state index in [-0.39, 0.29) is 0 Å². The van der Waals surface area contributed by atoms with Crippen molar-refractivity contribution in [3.05, 3.63) is 48.0 Å². The molecule has 1 aliphatic rings. The summed E-state index contributed by atoms with van der Waals surface area (Å²) in [6, 6.07) is 14.7. The number of fused-ring (bicyclic) bond motifs is 1. The van der Waals surface area contributed by atoms with Crippen molar-refractivity contribution in [1.82, 2.24) is 15.3 Å². The number of nitrogens with one attached hydrogen (secondary N) is 2. The van der Waals surface area contributed by atoms with Crippen molar-refractivity contribution >= 4 is 22.7 Å². The quantitative estimate of drug-likeness (QED) is 0.391. The maximum Gasteiger partial charge on any atom is 0.225 e. The molecule has 0 amide bonds. The molecule has 7 heteroatoms. The minimum absolute atomic E-state index is 0.415. The molecule has 1 fully saturated rings. The molecule has 0 spiro atoms. The summed E-state index contributed by atoms with van der Waals surface area (Å²) in [5.74, 6) is 4.11. The van der Waals surface area contributed by atoms with Crippen LogP contribution in [0.1, 0.15) is 44.6 Å². The lowest BCUT2D eigenvalue weighted by Crippen LogP contribution is -2.31. The topological polar surface area (TPSA) is 71.5 Å². The van der Waals surface area contributed by atoms with Crippen LogP contribution in [-0.4, -0.2) is 50.4 Å². The van der Waals surface area contributed by atoms with Gasteiger partial charge in [-0.2, -0.15) is 4.98 Å². The van der Waals surface area contributed by atoms with E-state index in [2.05, 4.69) is 40.7 Å². The first-order valence-corrected chi connectivity index (χ1v) is 12.8. The van der Waals surface area contributed by atoms with Crippen LogP contribution in [0, 0.1) is 5.92 Å². The van der Waals surface area contributed by atoms with E-state index < -0.39 is 0 Å². The van der Waals surface area contributed by atoms with Crippen LogP contribution in [0.5, 0.6) is 11.5 Å². The molecule has 4 rings (SSSR count). The molecule has 2 aromatic carbocycles. The van der Waals surface area contributed by atoms with Gasteiger partial charge in [0.25, 0.3) is 0 Å². The molecule has 0 aliphatic heterocycles. The summed E-state index contributed by atoms with van der Waals surface area (Å²) in [7, 11) is 5.78. The Kier molecular flexibility index (Phi) is 8.64. The highest BCUT2D eigenvalue weighted by atomic mass is 16.5. The van der Waals surface area contributed by atoms with Gasteiger partial charge in [0.15, 0.2) is 0 Å². The Hall–Kier alpha value is -3.06. The van der Waals surface area contributed by atoms with Crippen LogP contribution in [-0.2, 0) is 6.54 Å². The average molecular weight is 478 g/mol. The Morgan fingerprint density at radius 1 is 1.03 bits per heavy atom. The van der Waals surface area contributed by atoms with Crippen LogP contribution < -0.4 is 25.0 Å². The fourth-order valence-corrected chi connectivity index (χ4v) is 4.75. The van der Waals surface area contributed by atoms with E-state index in [1.165, 1.54) is 12.8 Å².